The molecule has 9 nitrogen and oxygen atoms in total. The first-order valence-electron chi connectivity index (χ1n) is 4.56. The molecule has 0 bridgehead atoms. The second-order valence-electron chi connectivity index (χ2n) is 3.76. The fourth-order valence-corrected chi connectivity index (χ4v) is 2.86. The molecular formula is C8H12O9S. The van der Waals surface area contributed by atoms with Gasteiger partial charge in [0.05, 0.1) is 0 Å². The molecule has 0 fully saturated rings. The minimum Gasteiger partial charge on any atom is -0.481 e. The van der Waals surface area contributed by atoms with Gasteiger partial charge in [0, 0.05) is 0 Å². The minimum atomic E-state index is -5.72. The molecule has 0 aromatic carbocycles. The van der Waals surface area contributed by atoms with Gasteiger partial charge >= 0.3 is 22.7 Å². The molecule has 0 aromatic rings. The quantitative estimate of drug-likeness (QED) is 0.363. The summed E-state index contributed by atoms with van der Waals surface area (Å²) < 4.78 is 27.4. The van der Waals surface area contributed by atoms with Crippen molar-refractivity contribution in [3.8, 4) is 0 Å². The van der Waals surface area contributed by atoms with Crippen molar-refractivity contribution in [1.29, 1.82) is 0 Å². The van der Waals surface area contributed by atoms with Crippen LogP contribution in [0.1, 0.15) is 20.3 Å². The molecule has 0 radical (unpaired) electrons. The highest BCUT2D eigenvalue weighted by molar-refractivity contribution is 7.89. The number of rotatable bonds is 6. The van der Waals surface area contributed by atoms with Gasteiger partial charge in [-0.25, -0.2) is 9.59 Å². The Morgan fingerprint density at radius 1 is 1.00 bits per heavy atom. The van der Waals surface area contributed by atoms with Crippen LogP contribution in [0.15, 0.2) is 0 Å². The molecule has 0 saturated heterocycles. The third kappa shape index (κ3) is 1.82. The Balaban J connectivity index is 6.69. The maximum absolute atomic E-state index is 11.2. The average Bonchev–Trinajstić information content (AvgIpc) is 2.13. The molecule has 0 heterocycles. The van der Waals surface area contributed by atoms with Gasteiger partial charge in [-0.15, -0.1) is 0 Å². The molecule has 4 N–H and O–H groups in total. The summed E-state index contributed by atoms with van der Waals surface area (Å²) in [4.78, 5) is 33.1. The van der Waals surface area contributed by atoms with E-state index in [1.165, 1.54) is 0 Å². The van der Waals surface area contributed by atoms with Gasteiger partial charge in [-0.1, -0.05) is 6.92 Å². The van der Waals surface area contributed by atoms with Crippen molar-refractivity contribution in [2.45, 2.75) is 25.0 Å². The second kappa shape index (κ2) is 4.53. The molecule has 1 unspecified atom stereocenters. The van der Waals surface area contributed by atoms with Crippen molar-refractivity contribution in [3.05, 3.63) is 0 Å². The zero-order valence-electron chi connectivity index (χ0n) is 9.45. The highest BCUT2D eigenvalue weighted by atomic mass is 32.2. The van der Waals surface area contributed by atoms with Crippen LogP contribution in [0.3, 0.4) is 0 Å². The first-order valence-corrected chi connectivity index (χ1v) is 6.00. The monoisotopic (exact) mass is 284 g/mol. The van der Waals surface area contributed by atoms with Crippen LogP contribution in [0.5, 0.6) is 0 Å². The third-order valence-electron chi connectivity index (χ3n) is 2.95. The van der Waals surface area contributed by atoms with Gasteiger partial charge in [0.1, 0.15) is 5.41 Å². The standard InChI is InChI=1S/C8H12O9S/c1-3-7(2,4(9)10)8(5(11)12,6(13)14)18(15,16)17/h3H2,1-2H3,(H,9,10)(H,11,12)(H,13,14)(H,15,16,17). The van der Waals surface area contributed by atoms with Gasteiger partial charge in [0.2, 0.25) is 0 Å². The van der Waals surface area contributed by atoms with Gasteiger partial charge in [-0.2, -0.15) is 8.42 Å². The molecule has 0 aliphatic rings. The summed E-state index contributed by atoms with van der Waals surface area (Å²) in [5.74, 6) is -6.90. The van der Waals surface area contributed by atoms with Crippen LogP contribution in [0.2, 0.25) is 0 Å². The van der Waals surface area contributed by atoms with E-state index in [1.54, 1.807) is 0 Å². The molecule has 10 heteroatoms. The van der Waals surface area contributed by atoms with Crippen molar-refractivity contribution in [2.24, 2.45) is 5.41 Å². The number of carbonyl (C=O) groups is 3. The maximum atomic E-state index is 11.2. The van der Waals surface area contributed by atoms with Gasteiger partial charge in [-0.05, 0) is 13.3 Å². The topological polar surface area (TPSA) is 166 Å². The molecule has 0 aliphatic carbocycles. The maximum Gasteiger partial charge on any atom is 0.340 e. The fraction of sp³-hybridized carbons (Fsp3) is 0.625. The number of carboxylic acid groups (broad SMARTS) is 3. The lowest BCUT2D eigenvalue weighted by atomic mass is 9.74. The SMILES string of the molecule is CCC(C)(C(=O)O)C(C(=O)O)(C(=O)O)S(=O)(=O)O. The zero-order chi connectivity index (χ0) is 14.9. The molecule has 104 valence electrons. The normalized spacial score (nSPS) is 15.7. The molecule has 0 aromatic heterocycles. The van der Waals surface area contributed by atoms with Gasteiger partial charge in [0.25, 0.3) is 10.1 Å². The molecule has 0 amide bonds. The van der Waals surface area contributed by atoms with E-state index in [1.807, 2.05) is 0 Å². The Hall–Kier alpha value is -1.68. The van der Waals surface area contributed by atoms with Crippen LogP contribution in [-0.4, -0.2) is 50.9 Å². The Morgan fingerprint density at radius 2 is 1.33 bits per heavy atom. The minimum absolute atomic E-state index is 0.630. The predicted molar refractivity (Wildman–Crippen MR) is 55.6 cm³/mol. The first kappa shape index (κ1) is 16.3. The molecule has 1 atom stereocenters. The van der Waals surface area contributed by atoms with Crippen molar-refractivity contribution in [3.63, 3.8) is 0 Å². The molecule has 0 spiro atoms. The molecule has 18 heavy (non-hydrogen) atoms. The lowest BCUT2D eigenvalue weighted by molar-refractivity contribution is -0.168. The fourth-order valence-electron chi connectivity index (χ4n) is 1.62. The molecule has 0 saturated carbocycles. The van der Waals surface area contributed by atoms with E-state index in [2.05, 4.69) is 0 Å². The van der Waals surface area contributed by atoms with Crippen LogP contribution in [0.25, 0.3) is 0 Å². The Morgan fingerprint density at radius 3 is 1.39 bits per heavy atom. The van der Waals surface area contributed by atoms with E-state index < -0.39 is 44.6 Å². The van der Waals surface area contributed by atoms with Crippen LogP contribution < -0.4 is 0 Å². The summed E-state index contributed by atoms with van der Waals surface area (Å²) in [7, 11) is -5.72. The summed E-state index contributed by atoms with van der Waals surface area (Å²) in [6.45, 7) is 1.73. The Labute approximate surface area is 102 Å². The summed E-state index contributed by atoms with van der Waals surface area (Å²) >= 11 is 0. The summed E-state index contributed by atoms with van der Waals surface area (Å²) in [6, 6.07) is 0. The highest BCUT2D eigenvalue weighted by Crippen LogP contribution is 2.41. The largest absolute Gasteiger partial charge is 0.481 e. The third-order valence-corrected chi connectivity index (χ3v) is 4.52. The second-order valence-corrected chi connectivity index (χ2v) is 5.32. The molecule has 0 aliphatic heterocycles. The van der Waals surface area contributed by atoms with Gasteiger partial charge in [0.15, 0.2) is 0 Å². The van der Waals surface area contributed by atoms with E-state index in [4.69, 9.17) is 19.9 Å². The highest BCUT2D eigenvalue weighted by Gasteiger charge is 2.72. The van der Waals surface area contributed by atoms with Crippen LogP contribution in [-0.2, 0) is 24.5 Å². The lowest BCUT2D eigenvalue weighted by Gasteiger charge is -2.35. The first-order chi connectivity index (χ1) is 7.89. The Bertz CT molecular complexity index is 477. The van der Waals surface area contributed by atoms with E-state index in [0.29, 0.717) is 6.92 Å². The van der Waals surface area contributed by atoms with Gasteiger partial charge < -0.3 is 15.3 Å². The predicted octanol–water partition coefficient (Wildman–Crippen LogP) is -0.717. The Kier molecular flexibility index (Phi) is 4.11. The number of hydrogen-bond donors (Lipinski definition) is 4. The molecular weight excluding hydrogens is 272 g/mol. The van der Waals surface area contributed by atoms with E-state index in [-0.39, 0.29) is 0 Å². The van der Waals surface area contributed by atoms with Crippen molar-refractivity contribution in [1.82, 2.24) is 0 Å². The summed E-state index contributed by atoms with van der Waals surface area (Å²) in [5, 5.41) is 26.7. The van der Waals surface area contributed by atoms with Crippen LogP contribution in [0.4, 0.5) is 0 Å². The average molecular weight is 284 g/mol. The van der Waals surface area contributed by atoms with Crippen molar-refractivity contribution in [2.75, 3.05) is 0 Å². The number of aliphatic carboxylic acids is 3. The van der Waals surface area contributed by atoms with E-state index in [0.717, 1.165) is 6.92 Å². The van der Waals surface area contributed by atoms with Crippen LogP contribution >= 0.6 is 0 Å². The summed E-state index contributed by atoms with van der Waals surface area (Å²) in [5.41, 5.74) is -2.74. The lowest BCUT2D eigenvalue weighted by Crippen LogP contribution is -2.65. The van der Waals surface area contributed by atoms with E-state index >= 15 is 0 Å². The van der Waals surface area contributed by atoms with E-state index in [9.17, 15) is 22.8 Å². The summed E-state index contributed by atoms with van der Waals surface area (Å²) in [6.07, 6.45) is -0.638. The van der Waals surface area contributed by atoms with Crippen molar-refractivity contribution < 1.29 is 42.7 Å². The van der Waals surface area contributed by atoms with Crippen molar-refractivity contribution >= 4 is 28.0 Å². The van der Waals surface area contributed by atoms with Gasteiger partial charge in [-0.3, -0.25) is 9.35 Å². The van der Waals surface area contributed by atoms with Crippen LogP contribution in [0, 0.1) is 5.41 Å². The zero-order valence-corrected chi connectivity index (χ0v) is 10.3. The number of hydrogen-bond acceptors (Lipinski definition) is 5. The molecule has 0 rings (SSSR count). The number of carboxylic acids is 3. The smallest absolute Gasteiger partial charge is 0.340 e.